The van der Waals surface area contributed by atoms with Gasteiger partial charge >= 0.3 is 18.4 Å². The predicted octanol–water partition coefficient (Wildman–Crippen LogP) is 2.87. The van der Waals surface area contributed by atoms with Gasteiger partial charge in [-0.3, -0.25) is 4.90 Å². The smallest absolute Gasteiger partial charge is 0.426 e. The number of benzene rings is 1. The van der Waals surface area contributed by atoms with E-state index in [9.17, 15) is 39.6 Å². The monoisotopic (exact) mass is 546 g/mol. The summed E-state index contributed by atoms with van der Waals surface area (Å²) in [6.07, 6.45) is -15.6. The fourth-order valence-electron chi connectivity index (χ4n) is 4.30. The van der Waals surface area contributed by atoms with E-state index in [4.69, 9.17) is 0 Å². The van der Waals surface area contributed by atoms with Crippen molar-refractivity contribution < 1.29 is 44.3 Å². The van der Waals surface area contributed by atoms with E-state index in [2.05, 4.69) is 14.4 Å². The lowest BCUT2D eigenvalue weighted by Gasteiger charge is -2.36. The minimum atomic E-state index is -5.76. The molecule has 1 N–H and O–H groups in total. The van der Waals surface area contributed by atoms with Crippen LogP contribution in [0.4, 0.5) is 36.8 Å². The summed E-state index contributed by atoms with van der Waals surface area (Å²) in [5, 5.41) is 0. The fraction of sp³-hybridized carbons (Fsp3) is 0.667. The first-order valence-electron chi connectivity index (χ1n) is 11.2. The normalized spacial score (nSPS) is 20.3. The van der Waals surface area contributed by atoms with E-state index < -0.39 is 34.6 Å². The van der Waals surface area contributed by atoms with Gasteiger partial charge in [0.15, 0.2) is 0 Å². The van der Waals surface area contributed by atoms with Crippen LogP contribution in [0.3, 0.4) is 0 Å². The molecule has 0 radical (unpaired) electrons. The number of rotatable bonds is 6. The second-order valence-corrected chi connectivity index (χ2v) is 10.8. The van der Waals surface area contributed by atoms with E-state index in [-0.39, 0.29) is 32.2 Å². The summed E-state index contributed by atoms with van der Waals surface area (Å²) in [7, 11) is -3.34. The molecule has 0 bridgehead atoms. The molecule has 2 aliphatic rings. The molecular formula is C21H28F6N4O4S. The summed E-state index contributed by atoms with van der Waals surface area (Å²) in [5.74, 6) is 0. The van der Waals surface area contributed by atoms with Crippen molar-refractivity contribution in [3.05, 3.63) is 29.3 Å². The summed E-state index contributed by atoms with van der Waals surface area (Å²) in [4.78, 5) is 16.8. The van der Waals surface area contributed by atoms with Gasteiger partial charge in [0.05, 0.1) is 6.26 Å². The summed E-state index contributed by atoms with van der Waals surface area (Å²) in [6, 6.07) is 5.61. The first-order chi connectivity index (χ1) is 16.5. The number of piperazine rings is 1. The van der Waals surface area contributed by atoms with E-state index in [1.54, 1.807) is 0 Å². The Morgan fingerprint density at radius 1 is 1.08 bits per heavy atom. The molecule has 2 saturated heterocycles. The molecule has 2 heterocycles. The Morgan fingerprint density at radius 2 is 1.69 bits per heavy atom. The van der Waals surface area contributed by atoms with Crippen molar-refractivity contribution in [1.82, 2.24) is 14.5 Å². The van der Waals surface area contributed by atoms with Crippen molar-refractivity contribution in [2.45, 2.75) is 44.4 Å². The second kappa shape index (κ2) is 10.6. The number of nitrogens with one attached hydrogen (secondary N) is 1. The van der Waals surface area contributed by atoms with Crippen molar-refractivity contribution in [2.24, 2.45) is 0 Å². The highest BCUT2D eigenvalue weighted by molar-refractivity contribution is 7.88. The lowest BCUT2D eigenvalue weighted by atomic mass is 10.1. The van der Waals surface area contributed by atoms with Gasteiger partial charge in [-0.1, -0.05) is 12.1 Å². The van der Waals surface area contributed by atoms with Crippen LogP contribution in [0.15, 0.2) is 18.2 Å². The van der Waals surface area contributed by atoms with Crippen LogP contribution in [-0.2, 0) is 21.3 Å². The third kappa shape index (κ3) is 7.62. The first-order valence-corrected chi connectivity index (χ1v) is 13.0. The molecule has 2 fully saturated rings. The largest absolute Gasteiger partial charge is 0.434 e. The molecule has 0 aromatic heterocycles. The van der Waals surface area contributed by atoms with Crippen molar-refractivity contribution >= 4 is 21.8 Å². The highest BCUT2D eigenvalue weighted by Gasteiger charge is 2.60. The lowest BCUT2D eigenvalue weighted by molar-refractivity contribution is -0.308. The average molecular weight is 547 g/mol. The molecule has 36 heavy (non-hydrogen) atoms. The third-order valence-corrected chi connectivity index (χ3v) is 6.75. The molecule has 1 atom stereocenters. The zero-order chi connectivity index (χ0) is 26.9. The van der Waals surface area contributed by atoms with Gasteiger partial charge in [-0.05, 0) is 30.5 Å². The number of sulfonamides is 1. The van der Waals surface area contributed by atoms with E-state index in [0.29, 0.717) is 26.1 Å². The van der Waals surface area contributed by atoms with Crippen molar-refractivity contribution in [1.29, 1.82) is 0 Å². The molecule has 0 aliphatic carbocycles. The van der Waals surface area contributed by atoms with Gasteiger partial charge in [-0.15, -0.1) is 0 Å². The molecule has 2 aliphatic heterocycles. The summed E-state index contributed by atoms with van der Waals surface area (Å²) in [5.41, 5.74) is 2.86. The molecule has 15 heteroatoms. The van der Waals surface area contributed by atoms with E-state index in [0.717, 1.165) is 28.0 Å². The average Bonchev–Trinajstić information content (AvgIpc) is 3.18. The number of amides is 1. The van der Waals surface area contributed by atoms with Crippen LogP contribution >= 0.6 is 0 Å². The molecule has 0 saturated carbocycles. The van der Waals surface area contributed by atoms with Crippen LogP contribution in [0.5, 0.6) is 0 Å². The Labute approximate surface area is 205 Å². The quantitative estimate of drug-likeness (QED) is 0.553. The molecule has 0 unspecified atom stereocenters. The third-order valence-electron chi connectivity index (χ3n) is 5.99. The van der Waals surface area contributed by atoms with Gasteiger partial charge in [0, 0.05) is 57.5 Å². The van der Waals surface area contributed by atoms with Crippen molar-refractivity contribution in [3.8, 4) is 0 Å². The van der Waals surface area contributed by atoms with Gasteiger partial charge in [-0.2, -0.15) is 26.3 Å². The Hall–Kier alpha value is -2.26. The van der Waals surface area contributed by atoms with Gasteiger partial charge in [0.2, 0.25) is 10.0 Å². The minimum Gasteiger partial charge on any atom is -0.426 e. The van der Waals surface area contributed by atoms with E-state index >= 15 is 0 Å². The number of hydrogen-bond acceptors (Lipinski definition) is 6. The molecule has 1 aromatic rings. The molecule has 0 spiro atoms. The Morgan fingerprint density at radius 3 is 2.25 bits per heavy atom. The van der Waals surface area contributed by atoms with Gasteiger partial charge in [-0.25, -0.2) is 17.9 Å². The summed E-state index contributed by atoms with van der Waals surface area (Å²) >= 11 is 0. The Kier molecular flexibility index (Phi) is 8.35. The Balaban J connectivity index is 1.60. The maximum Gasteiger partial charge on any atom is 0.434 e. The highest BCUT2D eigenvalue weighted by atomic mass is 32.2. The topological polar surface area (TPSA) is 82.2 Å². The van der Waals surface area contributed by atoms with Crippen molar-refractivity contribution in [2.75, 3.05) is 50.4 Å². The first kappa shape index (κ1) is 28.3. The van der Waals surface area contributed by atoms with E-state index in [1.807, 2.05) is 30.0 Å². The van der Waals surface area contributed by atoms with E-state index in [1.165, 1.54) is 0 Å². The lowest BCUT2D eigenvalue weighted by Crippen LogP contribution is -2.52. The molecule has 3 rings (SSSR count). The number of hydrogen-bond donors (Lipinski definition) is 1. The maximum atomic E-state index is 12.7. The molecule has 204 valence electrons. The predicted molar refractivity (Wildman–Crippen MR) is 119 cm³/mol. The number of aryl methyl sites for hydroxylation is 1. The summed E-state index contributed by atoms with van der Waals surface area (Å²) in [6.45, 7) is 3.76. The maximum absolute atomic E-state index is 12.7. The van der Waals surface area contributed by atoms with Crippen LogP contribution in [0, 0.1) is 6.92 Å². The van der Waals surface area contributed by atoms with Crippen molar-refractivity contribution in [3.63, 3.8) is 0 Å². The number of alkyl halides is 6. The second-order valence-electron chi connectivity index (χ2n) is 9.06. The van der Waals surface area contributed by atoms with Gasteiger partial charge < -0.3 is 14.5 Å². The molecule has 1 aromatic carbocycles. The zero-order valence-electron chi connectivity index (χ0n) is 19.7. The van der Waals surface area contributed by atoms with Gasteiger partial charge in [0.25, 0.3) is 6.10 Å². The highest BCUT2D eigenvalue weighted by Crippen LogP contribution is 2.36. The number of carbonyl (C=O) groups is 1. The number of carbonyl (C=O) groups excluding carboxylic acids is 1. The van der Waals surface area contributed by atoms with Crippen LogP contribution in [0.25, 0.3) is 0 Å². The van der Waals surface area contributed by atoms with Crippen LogP contribution in [0.1, 0.15) is 17.5 Å². The number of nitrogens with zero attached hydrogens (tertiary/aromatic N) is 3. The van der Waals surface area contributed by atoms with Gasteiger partial charge in [0.1, 0.15) is 0 Å². The fourth-order valence-corrected chi connectivity index (χ4v) is 5.10. The number of ether oxygens (including phenoxy) is 1. The summed E-state index contributed by atoms with van der Waals surface area (Å²) < 4.78 is 106. The number of halogens is 6. The number of anilines is 1. The zero-order valence-corrected chi connectivity index (χ0v) is 20.5. The molecular weight excluding hydrogens is 518 g/mol. The minimum absolute atomic E-state index is 0.0907. The standard InChI is InChI=1S/C21H28F6N4O4S/c1-14-3-4-15(17(11-14)31-6-5-16(13-31)28-36(2,33)34)12-29-7-9-30(10-8-29)19(32)35-18(20(22,23)24)21(25,26)27/h3-4,11,16,18,28H,5-10,12-13H2,1-2H3/t16-/m0/s1. The van der Waals surface area contributed by atoms with Crippen LogP contribution < -0.4 is 9.62 Å². The molecule has 8 nitrogen and oxygen atoms in total. The van der Waals surface area contributed by atoms with Crippen LogP contribution in [0.2, 0.25) is 0 Å². The molecule has 1 amide bonds. The van der Waals surface area contributed by atoms with Crippen LogP contribution in [-0.4, -0.2) is 94.3 Å². The SMILES string of the molecule is Cc1ccc(CN2CCN(C(=O)OC(C(F)(F)F)C(F)(F)F)CC2)c(N2CC[C@H](NS(C)(=O)=O)C2)c1. The Bertz CT molecular complexity index is 1030.